The number of carbonyl (C=O) groups is 1. The van der Waals surface area contributed by atoms with Gasteiger partial charge in [0.25, 0.3) is 0 Å². The van der Waals surface area contributed by atoms with E-state index in [4.69, 9.17) is 16.7 Å². The Labute approximate surface area is 280 Å². The van der Waals surface area contributed by atoms with Crippen LogP contribution in [0.25, 0.3) is 22.7 Å². The van der Waals surface area contributed by atoms with Gasteiger partial charge in [-0.3, -0.25) is 9.72 Å². The number of aromatic nitrogens is 5. The minimum absolute atomic E-state index is 0.0274. The van der Waals surface area contributed by atoms with Crippen molar-refractivity contribution in [2.75, 3.05) is 11.6 Å². The molecule has 0 bridgehead atoms. The van der Waals surface area contributed by atoms with Crippen LogP contribution >= 0.6 is 35.1 Å². The lowest BCUT2D eigenvalue weighted by molar-refractivity contribution is 0.251. The van der Waals surface area contributed by atoms with Crippen molar-refractivity contribution in [3.63, 3.8) is 0 Å². The second kappa shape index (κ2) is 13.1. The Hall–Kier alpha value is -4.45. The third-order valence-electron chi connectivity index (χ3n) is 7.26. The van der Waals surface area contributed by atoms with E-state index in [-0.39, 0.29) is 22.2 Å². The van der Waals surface area contributed by atoms with E-state index in [1.54, 1.807) is 40.3 Å². The number of nitrogens with zero attached hydrogens (tertiary/aromatic N) is 5. The first-order valence-corrected chi connectivity index (χ1v) is 16.9. The van der Waals surface area contributed by atoms with Crippen LogP contribution in [0.1, 0.15) is 32.0 Å². The number of hydrogen-bond acceptors (Lipinski definition) is 7. The van der Waals surface area contributed by atoms with E-state index in [0.717, 1.165) is 43.0 Å². The van der Waals surface area contributed by atoms with Crippen LogP contribution in [0.2, 0.25) is 5.02 Å². The number of hydrogen-bond donors (Lipinski definition) is 3. The molecule has 46 heavy (non-hydrogen) atoms. The molecule has 0 aliphatic carbocycles. The summed E-state index contributed by atoms with van der Waals surface area (Å²) in [7, 11) is 0. The van der Waals surface area contributed by atoms with E-state index in [9.17, 15) is 9.90 Å². The maximum atomic E-state index is 13.2. The van der Waals surface area contributed by atoms with Crippen LogP contribution in [-0.2, 0) is 12.0 Å². The summed E-state index contributed by atoms with van der Waals surface area (Å²) in [6.07, 6.45) is 4.10. The van der Waals surface area contributed by atoms with Gasteiger partial charge in [-0.2, -0.15) is 5.10 Å². The summed E-state index contributed by atoms with van der Waals surface area (Å²) in [5, 5.41) is 29.6. The number of phenols is 1. The van der Waals surface area contributed by atoms with Gasteiger partial charge in [-0.05, 0) is 54.3 Å². The predicted octanol–water partition coefficient (Wildman–Crippen LogP) is 8.43. The highest BCUT2D eigenvalue weighted by atomic mass is 35.5. The Morgan fingerprint density at radius 3 is 2.48 bits per heavy atom. The molecule has 234 valence electrons. The molecule has 0 saturated heterocycles. The number of pyridine rings is 1. The van der Waals surface area contributed by atoms with Crippen molar-refractivity contribution in [1.29, 1.82) is 0 Å². The Bertz CT molecular complexity index is 2050. The second-order valence-corrected chi connectivity index (χ2v) is 13.9. The molecular weight excluding hydrogens is 638 g/mol. The molecule has 3 heterocycles. The molecule has 0 unspecified atom stereocenters. The zero-order chi connectivity index (χ0) is 32.4. The van der Waals surface area contributed by atoms with Crippen molar-refractivity contribution in [2.45, 2.75) is 47.4 Å². The number of phenolic OH excluding ortho intramolecular Hbond substituents is 1. The second-order valence-electron chi connectivity index (χ2n) is 11.5. The van der Waals surface area contributed by atoms with E-state index in [1.165, 1.54) is 6.07 Å². The number of benzene rings is 3. The fourth-order valence-corrected chi connectivity index (χ4v) is 6.55. The summed E-state index contributed by atoms with van der Waals surface area (Å²) in [6.45, 7) is 6.45. The normalized spacial score (nSPS) is 11.6. The Kier molecular flexibility index (Phi) is 8.99. The van der Waals surface area contributed by atoms with Crippen LogP contribution in [-0.4, -0.2) is 41.8 Å². The van der Waals surface area contributed by atoms with E-state index >= 15 is 0 Å². The van der Waals surface area contributed by atoms with Gasteiger partial charge in [0.15, 0.2) is 11.5 Å². The summed E-state index contributed by atoms with van der Waals surface area (Å²) in [5.41, 5.74) is 3.91. The van der Waals surface area contributed by atoms with Gasteiger partial charge in [0.2, 0.25) is 0 Å². The standard InChI is InChI=1S/C34H32ClN7O2S2/c1-34(2,3)29-18-31(42(40-29)22-13-15-26(43)25(35)17-22)37-33(44)36-19-21-9-5-7-11-27(21)46-23-14-16-30-38-39-32(41(30)20-23)24-10-6-8-12-28(24)45-4/h5-18,20,43H,19H2,1-4H3,(H2,36,37,44). The third-order valence-corrected chi connectivity index (χ3v) is 9.45. The average molecular weight is 670 g/mol. The highest BCUT2D eigenvalue weighted by Gasteiger charge is 2.22. The van der Waals surface area contributed by atoms with Crippen molar-refractivity contribution in [2.24, 2.45) is 0 Å². The molecule has 3 aromatic heterocycles. The summed E-state index contributed by atoms with van der Waals surface area (Å²) in [5.74, 6) is 1.24. The van der Waals surface area contributed by atoms with Crippen LogP contribution in [0.15, 0.2) is 106 Å². The number of thioether (sulfide) groups is 1. The molecule has 2 amide bonds. The largest absolute Gasteiger partial charge is 0.506 e. The minimum atomic E-state index is -0.380. The van der Waals surface area contributed by atoms with Crippen LogP contribution in [0.5, 0.6) is 5.75 Å². The minimum Gasteiger partial charge on any atom is -0.506 e. The molecule has 0 saturated carbocycles. The zero-order valence-electron chi connectivity index (χ0n) is 25.7. The molecule has 12 heteroatoms. The number of rotatable bonds is 8. The molecule has 0 spiro atoms. The van der Waals surface area contributed by atoms with Gasteiger partial charge in [-0.25, -0.2) is 9.48 Å². The number of nitrogens with one attached hydrogen (secondary N) is 2. The zero-order valence-corrected chi connectivity index (χ0v) is 28.0. The highest BCUT2D eigenvalue weighted by molar-refractivity contribution is 7.99. The molecular formula is C34H32ClN7O2S2. The maximum absolute atomic E-state index is 13.2. The molecule has 6 aromatic rings. The Morgan fingerprint density at radius 2 is 1.72 bits per heavy atom. The van der Waals surface area contributed by atoms with Crippen molar-refractivity contribution in [1.82, 2.24) is 29.7 Å². The summed E-state index contributed by atoms with van der Waals surface area (Å²) in [4.78, 5) is 16.4. The summed E-state index contributed by atoms with van der Waals surface area (Å²) in [6, 6.07) is 26.4. The van der Waals surface area contributed by atoms with E-state index in [2.05, 4.69) is 39.2 Å². The molecule has 0 aliphatic heterocycles. The topological polar surface area (TPSA) is 109 Å². The smallest absolute Gasteiger partial charge is 0.320 e. The molecule has 0 atom stereocenters. The quantitative estimate of drug-likeness (QED) is 0.140. The molecule has 3 aromatic carbocycles. The lowest BCUT2D eigenvalue weighted by Crippen LogP contribution is -2.29. The molecule has 3 N–H and O–H groups in total. The van der Waals surface area contributed by atoms with Crippen molar-refractivity contribution < 1.29 is 9.90 Å². The van der Waals surface area contributed by atoms with Gasteiger partial charge in [0, 0.05) is 44.5 Å². The number of aromatic hydroxyl groups is 1. The first kappa shape index (κ1) is 31.5. The number of halogens is 1. The Morgan fingerprint density at radius 1 is 0.957 bits per heavy atom. The third kappa shape index (κ3) is 6.72. The lowest BCUT2D eigenvalue weighted by Gasteiger charge is -2.14. The lowest BCUT2D eigenvalue weighted by atomic mass is 9.92. The van der Waals surface area contributed by atoms with Crippen molar-refractivity contribution >= 4 is 52.6 Å². The number of anilines is 1. The number of fused-ring (bicyclic) bond motifs is 1. The first-order valence-electron chi connectivity index (χ1n) is 14.5. The monoisotopic (exact) mass is 669 g/mol. The average Bonchev–Trinajstić information content (AvgIpc) is 3.66. The number of amides is 2. The van der Waals surface area contributed by atoms with E-state index in [0.29, 0.717) is 18.1 Å². The summed E-state index contributed by atoms with van der Waals surface area (Å²) >= 11 is 9.47. The van der Waals surface area contributed by atoms with E-state index < -0.39 is 0 Å². The van der Waals surface area contributed by atoms with E-state index in [1.807, 2.05) is 86.0 Å². The van der Waals surface area contributed by atoms with Crippen molar-refractivity contribution in [3.8, 4) is 22.8 Å². The molecule has 0 aliphatic rings. The highest BCUT2D eigenvalue weighted by Crippen LogP contribution is 2.34. The van der Waals surface area contributed by atoms with Gasteiger partial charge in [-0.1, -0.05) is 80.5 Å². The van der Waals surface area contributed by atoms with Gasteiger partial charge in [0.05, 0.1) is 16.4 Å². The van der Waals surface area contributed by atoms with Crippen LogP contribution in [0.3, 0.4) is 0 Å². The maximum Gasteiger partial charge on any atom is 0.320 e. The molecule has 6 rings (SSSR count). The fourth-order valence-electron chi connectivity index (χ4n) is 4.82. The van der Waals surface area contributed by atoms with Crippen molar-refractivity contribution in [3.05, 3.63) is 107 Å². The van der Waals surface area contributed by atoms with Crippen LogP contribution in [0.4, 0.5) is 10.6 Å². The van der Waals surface area contributed by atoms with Gasteiger partial charge in [0.1, 0.15) is 11.6 Å². The van der Waals surface area contributed by atoms with Crippen LogP contribution < -0.4 is 10.6 Å². The first-order chi connectivity index (χ1) is 22.1. The van der Waals surface area contributed by atoms with Gasteiger partial charge < -0.3 is 10.4 Å². The summed E-state index contributed by atoms with van der Waals surface area (Å²) < 4.78 is 3.63. The SMILES string of the molecule is CSc1ccccc1-c1nnc2ccc(Sc3ccccc3CNC(=O)Nc3cc(C(C)(C)C)nn3-c3ccc(O)c(Cl)c3)cn12. The molecule has 0 fully saturated rings. The van der Waals surface area contributed by atoms with Gasteiger partial charge >= 0.3 is 6.03 Å². The molecule has 9 nitrogen and oxygen atoms in total. The Balaban J connectivity index is 1.20. The fraction of sp³-hybridized carbons (Fsp3) is 0.176. The molecule has 0 radical (unpaired) electrons. The van der Waals surface area contributed by atoms with Crippen LogP contribution in [0, 0.1) is 0 Å². The predicted molar refractivity (Wildman–Crippen MR) is 186 cm³/mol. The number of carbonyl (C=O) groups excluding carboxylic acids is 1. The van der Waals surface area contributed by atoms with Gasteiger partial charge in [-0.15, -0.1) is 22.0 Å². The number of urea groups is 1.